The maximum absolute atomic E-state index is 6.34. The number of nitrogens with one attached hydrogen (secondary N) is 1. The van der Waals surface area contributed by atoms with Gasteiger partial charge in [0.1, 0.15) is 19.0 Å². The average molecular weight is 502 g/mol. The molecule has 4 aromatic rings. The molecular formula is C31H32ClNO3. The van der Waals surface area contributed by atoms with Crippen molar-refractivity contribution in [2.24, 2.45) is 0 Å². The number of benzene rings is 4. The number of hydrogen-bond donors (Lipinski definition) is 1. The summed E-state index contributed by atoms with van der Waals surface area (Å²) in [5.41, 5.74) is 6.09. The quantitative estimate of drug-likeness (QED) is 0.277. The average Bonchev–Trinajstić information content (AvgIpc) is 2.92. The van der Waals surface area contributed by atoms with Crippen molar-refractivity contribution in [3.63, 3.8) is 0 Å². The number of rotatable bonds is 9. The highest BCUT2D eigenvalue weighted by Gasteiger charge is 2.23. The van der Waals surface area contributed by atoms with E-state index in [1.54, 1.807) is 7.11 Å². The molecule has 1 atom stereocenters. The first-order valence-electron chi connectivity index (χ1n) is 12.1. The van der Waals surface area contributed by atoms with Crippen LogP contribution >= 0.6 is 12.4 Å². The van der Waals surface area contributed by atoms with Crippen LogP contribution in [-0.2, 0) is 26.1 Å². The van der Waals surface area contributed by atoms with Gasteiger partial charge in [-0.25, -0.2) is 0 Å². The molecule has 1 unspecified atom stereocenters. The molecular weight excluding hydrogens is 470 g/mol. The molecule has 0 saturated heterocycles. The van der Waals surface area contributed by atoms with Gasteiger partial charge in [-0.3, -0.25) is 0 Å². The van der Waals surface area contributed by atoms with Crippen LogP contribution in [0.1, 0.15) is 33.9 Å². The van der Waals surface area contributed by atoms with Gasteiger partial charge in [-0.1, -0.05) is 72.8 Å². The fourth-order valence-corrected chi connectivity index (χ4v) is 4.56. The van der Waals surface area contributed by atoms with Gasteiger partial charge in [0.25, 0.3) is 0 Å². The van der Waals surface area contributed by atoms with Crippen LogP contribution < -0.4 is 19.5 Å². The van der Waals surface area contributed by atoms with Gasteiger partial charge >= 0.3 is 0 Å². The highest BCUT2D eigenvalue weighted by molar-refractivity contribution is 5.85. The topological polar surface area (TPSA) is 39.7 Å². The predicted octanol–water partition coefficient (Wildman–Crippen LogP) is 6.70. The molecule has 1 N–H and O–H groups in total. The molecule has 36 heavy (non-hydrogen) atoms. The molecule has 0 radical (unpaired) electrons. The minimum Gasteiger partial charge on any atom is -0.497 e. The standard InChI is InChI=1S/C31H31NO3.ClH/c1-33-27-14-8-13-25(17-27)18-29-28-20-31(35-22-24-11-6-3-7-12-24)30(19-26(28)15-16-32-29)34-21-23-9-4-2-5-10-23;/h2-14,17,19-20,29,32H,15-16,18,21-22H2,1H3;1H. The maximum atomic E-state index is 6.34. The molecule has 0 aliphatic carbocycles. The van der Waals surface area contributed by atoms with E-state index in [1.807, 2.05) is 48.5 Å². The van der Waals surface area contributed by atoms with E-state index in [0.717, 1.165) is 47.8 Å². The number of fused-ring (bicyclic) bond motifs is 1. The Morgan fingerprint density at radius 3 is 1.97 bits per heavy atom. The molecule has 0 spiro atoms. The van der Waals surface area contributed by atoms with Crippen molar-refractivity contribution in [2.75, 3.05) is 13.7 Å². The molecule has 1 aliphatic rings. The largest absolute Gasteiger partial charge is 0.497 e. The van der Waals surface area contributed by atoms with Crippen molar-refractivity contribution in [2.45, 2.75) is 32.1 Å². The monoisotopic (exact) mass is 501 g/mol. The van der Waals surface area contributed by atoms with Gasteiger partial charge in [0.2, 0.25) is 0 Å². The highest BCUT2D eigenvalue weighted by Crippen LogP contribution is 2.37. The first-order chi connectivity index (χ1) is 17.3. The molecule has 1 heterocycles. The first kappa shape index (κ1) is 25.6. The third-order valence-corrected chi connectivity index (χ3v) is 6.41. The van der Waals surface area contributed by atoms with Crippen LogP contribution in [0.25, 0.3) is 0 Å². The van der Waals surface area contributed by atoms with Gasteiger partial charge in [-0.2, -0.15) is 0 Å². The van der Waals surface area contributed by atoms with Crippen LogP contribution in [0.15, 0.2) is 97.1 Å². The van der Waals surface area contributed by atoms with Crippen LogP contribution in [0.4, 0.5) is 0 Å². The lowest BCUT2D eigenvalue weighted by molar-refractivity contribution is 0.254. The summed E-state index contributed by atoms with van der Waals surface area (Å²) in [5.74, 6) is 2.46. The predicted molar refractivity (Wildman–Crippen MR) is 146 cm³/mol. The second kappa shape index (κ2) is 12.5. The molecule has 0 aromatic heterocycles. The van der Waals surface area contributed by atoms with E-state index in [0.29, 0.717) is 13.2 Å². The Hall–Kier alpha value is -3.47. The molecule has 5 rings (SSSR count). The Morgan fingerprint density at radius 2 is 1.33 bits per heavy atom. The molecule has 0 saturated carbocycles. The second-order valence-electron chi connectivity index (χ2n) is 8.86. The lowest BCUT2D eigenvalue weighted by Gasteiger charge is -2.29. The summed E-state index contributed by atoms with van der Waals surface area (Å²) in [6, 6.07) is 33.4. The van der Waals surface area contributed by atoms with Crippen molar-refractivity contribution in [1.82, 2.24) is 5.32 Å². The van der Waals surface area contributed by atoms with Crippen molar-refractivity contribution in [3.05, 3.63) is 125 Å². The summed E-state index contributed by atoms with van der Waals surface area (Å²) in [7, 11) is 1.71. The number of hydrogen-bond acceptors (Lipinski definition) is 4. The van der Waals surface area contributed by atoms with E-state index >= 15 is 0 Å². The van der Waals surface area contributed by atoms with Crippen LogP contribution in [0, 0.1) is 0 Å². The summed E-state index contributed by atoms with van der Waals surface area (Å²) >= 11 is 0. The lowest BCUT2D eigenvalue weighted by atomic mass is 9.89. The van der Waals surface area contributed by atoms with E-state index in [1.165, 1.54) is 16.7 Å². The molecule has 4 aromatic carbocycles. The fourth-order valence-electron chi connectivity index (χ4n) is 4.56. The van der Waals surface area contributed by atoms with Crippen LogP contribution in [-0.4, -0.2) is 13.7 Å². The Morgan fingerprint density at radius 1 is 0.722 bits per heavy atom. The first-order valence-corrected chi connectivity index (χ1v) is 12.1. The highest BCUT2D eigenvalue weighted by atomic mass is 35.5. The lowest BCUT2D eigenvalue weighted by Crippen LogP contribution is -2.31. The SMILES string of the molecule is COc1cccc(CC2NCCc3cc(OCc4ccccc4)c(OCc4ccccc4)cc32)c1.Cl. The van der Waals surface area contributed by atoms with E-state index in [9.17, 15) is 0 Å². The van der Waals surface area contributed by atoms with Gasteiger partial charge in [-0.05, 0) is 71.5 Å². The minimum absolute atomic E-state index is 0. The second-order valence-corrected chi connectivity index (χ2v) is 8.86. The fraction of sp³-hybridized carbons (Fsp3) is 0.226. The Balaban J connectivity index is 0.00000304. The third-order valence-electron chi connectivity index (χ3n) is 6.41. The molecule has 1 aliphatic heterocycles. The third kappa shape index (κ3) is 6.39. The van der Waals surface area contributed by atoms with Crippen molar-refractivity contribution < 1.29 is 14.2 Å². The summed E-state index contributed by atoms with van der Waals surface area (Å²) < 4.78 is 18.1. The van der Waals surface area contributed by atoms with Crippen LogP contribution in [0.5, 0.6) is 17.2 Å². The molecule has 4 nitrogen and oxygen atoms in total. The van der Waals surface area contributed by atoms with Gasteiger partial charge < -0.3 is 19.5 Å². The molecule has 186 valence electrons. The minimum atomic E-state index is 0. The van der Waals surface area contributed by atoms with Crippen LogP contribution in [0.3, 0.4) is 0 Å². The molecule has 5 heteroatoms. The number of ether oxygens (including phenoxy) is 3. The maximum Gasteiger partial charge on any atom is 0.162 e. The number of halogens is 1. The van der Waals surface area contributed by atoms with E-state index in [4.69, 9.17) is 14.2 Å². The zero-order valence-corrected chi connectivity index (χ0v) is 21.3. The van der Waals surface area contributed by atoms with E-state index in [-0.39, 0.29) is 18.4 Å². The molecule has 0 bridgehead atoms. The number of methoxy groups -OCH3 is 1. The van der Waals surface area contributed by atoms with E-state index in [2.05, 4.69) is 53.8 Å². The van der Waals surface area contributed by atoms with Crippen molar-refractivity contribution in [3.8, 4) is 17.2 Å². The van der Waals surface area contributed by atoms with Crippen LogP contribution in [0.2, 0.25) is 0 Å². The molecule has 0 fully saturated rings. The van der Waals surface area contributed by atoms with Gasteiger partial charge in [-0.15, -0.1) is 12.4 Å². The zero-order valence-electron chi connectivity index (χ0n) is 20.5. The summed E-state index contributed by atoms with van der Waals surface area (Å²) in [6.07, 6.45) is 1.84. The Kier molecular flexibility index (Phi) is 8.88. The smallest absolute Gasteiger partial charge is 0.162 e. The Labute approximate surface area is 219 Å². The van der Waals surface area contributed by atoms with Crippen molar-refractivity contribution >= 4 is 12.4 Å². The summed E-state index contributed by atoms with van der Waals surface area (Å²) in [5, 5.41) is 3.70. The van der Waals surface area contributed by atoms with Crippen molar-refractivity contribution in [1.29, 1.82) is 0 Å². The normalized spacial score (nSPS) is 14.3. The van der Waals surface area contributed by atoms with Gasteiger partial charge in [0.05, 0.1) is 7.11 Å². The van der Waals surface area contributed by atoms with Gasteiger partial charge in [0, 0.05) is 6.04 Å². The summed E-state index contributed by atoms with van der Waals surface area (Å²) in [6.45, 7) is 1.94. The summed E-state index contributed by atoms with van der Waals surface area (Å²) in [4.78, 5) is 0. The van der Waals surface area contributed by atoms with E-state index < -0.39 is 0 Å². The Bertz CT molecular complexity index is 1250. The molecule has 0 amide bonds. The van der Waals surface area contributed by atoms with Gasteiger partial charge in [0.15, 0.2) is 11.5 Å². The zero-order chi connectivity index (χ0) is 23.9.